The second-order valence-electron chi connectivity index (χ2n) is 7.09. The van der Waals surface area contributed by atoms with Gasteiger partial charge < -0.3 is 4.90 Å². The lowest BCUT2D eigenvalue weighted by atomic mass is 9.91. The molecule has 3 atom stereocenters. The molecule has 0 N–H and O–H groups in total. The van der Waals surface area contributed by atoms with Gasteiger partial charge in [0.1, 0.15) is 0 Å². The van der Waals surface area contributed by atoms with Crippen LogP contribution in [0.25, 0.3) is 0 Å². The standard InChI is InChI=1S/C18H35NO2/c1-8-9-10-14(4)12-15(5)18(21)19(7)17(16(6)20)11-13(2)3/h13-15,17H,8-12H2,1-7H3. The monoisotopic (exact) mass is 297 g/mol. The summed E-state index contributed by atoms with van der Waals surface area (Å²) in [7, 11) is 1.78. The summed E-state index contributed by atoms with van der Waals surface area (Å²) in [6, 6.07) is -0.272. The van der Waals surface area contributed by atoms with E-state index < -0.39 is 0 Å². The zero-order valence-electron chi connectivity index (χ0n) is 15.1. The molecular weight excluding hydrogens is 262 g/mol. The summed E-state index contributed by atoms with van der Waals surface area (Å²) in [5, 5.41) is 0. The molecule has 0 spiro atoms. The highest BCUT2D eigenvalue weighted by atomic mass is 16.2. The number of likely N-dealkylation sites (N-methyl/N-ethyl adjacent to an activating group) is 1. The molecule has 0 fully saturated rings. The molecule has 0 saturated heterocycles. The predicted molar refractivity (Wildman–Crippen MR) is 89.2 cm³/mol. The Labute approximate surface area is 131 Å². The molecule has 21 heavy (non-hydrogen) atoms. The number of carbonyl (C=O) groups is 2. The van der Waals surface area contributed by atoms with Crippen LogP contribution in [0.2, 0.25) is 0 Å². The first-order valence-corrected chi connectivity index (χ1v) is 8.47. The van der Waals surface area contributed by atoms with E-state index in [4.69, 9.17) is 0 Å². The Hall–Kier alpha value is -0.860. The van der Waals surface area contributed by atoms with Crippen LogP contribution in [0.1, 0.15) is 73.6 Å². The van der Waals surface area contributed by atoms with Gasteiger partial charge in [0.25, 0.3) is 0 Å². The van der Waals surface area contributed by atoms with E-state index in [-0.39, 0.29) is 23.7 Å². The van der Waals surface area contributed by atoms with E-state index in [2.05, 4.69) is 27.7 Å². The molecule has 0 aromatic carbocycles. The van der Waals surface area contributed by atoms with Crippen molar-refractivity contribution in [2.45, 2.75) is 79.7 Å². The number of hydrogen-bond donors (Lipinski definition) is 0. The van der Waals surface area contributed by atoms with Crippen molar-refractivity contribution in [1.82, 2.24) is 4.90 Å². The SMILES string of the molecule is CCCCC(C)CC(C)C(=O)N(C)C(CC(C)C)C(C)=O. The molecular formula is C18H35NO2. The molecule has 0 heterocycles. The zero-order chi connectivity index (χ0) is 16.6. The minimum Gasteiger partial charge on any atom is -0.335 e. The Bertz CT molecular complexity index is 325. The van der Waals surface area contributed by atoms with Gasteiger partial charge in [0.15, 0.2) is 5.78 Å². The lowest BCUT2D eigenvalue weighted by Crippen LogP contribution is -2.44. The largest absolute Gasteiger partial charge is 0.335 e. The Morgan fingerprint density at radius 3 is 2.05 bits per heavy atom. The maximum atomic E-state index is 12.6. The highest BCUT2D eigenvalue weighted by Gasteiger charge is 2.28. The molecule has 0 aliphatic rings. The third-order valence-electron chi connectivity index (χ3n) is 4.21. The summed E-state index contributed by atoms with van der Waals surface area (Å²) in [4.78, 5) is 26.1. The van der Waals surface area contributed by atoms with E-state index in [0.717, 1.165) is 12.8 Å². The van der Waals surface area contributed by atoms with E-state index in [9.17, 15) is 9.59 Å². The predicted octanol–water partition coefficient (Wildman–Crippen LogP) is 4.30. The highest BCUT2D eigenvalue weighted by molar-refractivity contribution is 5.88. The van der Waals surface area contributed by atoms with Gasteiger partial charge in [-0.1, -0.05) is 53.9 Å². The molecule has 3 nitrogen and oxygen atoms in total. The fraction of sp³-hybridized carbons (Fsp3) is 0.889. The minimum absolute atomic E-state index is 0.00383. The van der Waals surface area contributed by atoms with Crippen molar-refractivity contribution in [3.63, 3.8) is 0 Å². The van der Waals surface area contributed by atoms with Gasteiger partial charge in [-0.25, -0.2) is 0 Å². The first-order chi connectivity index (χ1) is 9.70. The average Bonchev–Trinajstić information content (AvgIpc) is 2.40. The Morgan fingerprint density at radius 1 is 1.05 bits per heavy atom. The number of unbranched alkanes of at least 4 members (excludes halogenated alkanes) is 1. The van der Waals surface area contributed by atoms with Crippen molar-refractivity contribution >= 4 is 11.7 Å². The Morgan fingerprint density at radius 2 is 1.62 bits per heavy atom. The summed E-state index contributed by atoms with van der Waals surface area (Å²) in [6.07, 6.45) is 5.26. The fourth-order valence-electron chi connectivity index (χ4n) is 2.92. The number of rotatable bonds is 10. The van der Waals surface area contributed by atoms with E-state index in [1.165, 1.54) is 19.3 Å². The molecule has 0 bridgehead atoms. The van der Waals surface area contributed by atoms with Crippen molar-refractivity contribution in [3.8, 4) is 0 Å². The van der Waals surface area contributed by atoms with E-state index in [1.54, 1.807) is 18.9 Å². The lowest BCUT2D eigenvalue weighted by Gasteiger charge is -2.30. The molecule has 0 radical (unpaired) electrons. The summed E-state index contributed by atoms with van der Waals surface area (Å²) in [5.74, 6) is 1.17. The molecule has 0 aromatic heterocycles. The topological polar surface area (TPSA) is 37.4 Å². The molecule has 0 aromatic rings. The maximum absolute atomic E-state index is 12.6. The van der Waals surface area contributed by atoms with Gasteiger partial charge in [0, 0.05) is 13.0 Å². The number of ketones is 1. The molecule has 0 saturated carbocycles. The zero-order valence-corrected chi connectivity index (χ0v) is 15.1. The molecule has 3 heteroatoms. The first kappa shape index (κ1) is 20.1. The fourth-order valence-corrected chi connectivity index (χ4v) is 2.92. The van der Waals surface area contributed by atoms with Crippen LogP contribution >= 0.6 is 0 Å². The number of amides is 1. The van der Waals surface area contributed by atoms with Crippen molar-refractivity contribution in [2.75, 3.05) is 7.05 Å². The molecule has 0 rings (SSSR count). The maximum Gasteiger partial charge on any atom is 0.225 e. The van der Waals surface area contributed by atoms with E-state index in [0.29, 0.717) is 11.8 Å². The third kappa shape index (κ3) is 7.63. The van der Waals surface area contributed by atoms with Crippen molar-refractivity contribution < 1.29 is 9.59 Å². The quantitative estimate of drug-likeness (QED) is 0.603. The Balaban J connectivity index is 4.61. The van der Waals surface area contributed by atoms with Gasteiger partial charge in [0.05, 0.1) is 6.04 Å². The molecule has 0 aliphatic carbocycles. The summed E-state index contributed by atoms with van der Waals surface area (Å²) < 4.78 is 0. The first-order valence-electron chi connectivity index (χ1n) is 8.47. The molecule has 3 unspecified atom stereocenters. The van der Waals surface area contributed by atoms with E-state index >= 15 is 0 Å². The van der Waals surface area contributed by atoms with Crippen LogP contribution in [0.5, 0.6) is 0 Å². The normalized spacial score (nSPS) is 15.6. The third-order valence-corrected chi connectivity index (χ3v) is 4.21. The van der Waals surface area contributed by atoms with Gasteiger partial charge >= 0.3 is 0 Å². The van der Waals surface area contributed by atoms with Crippen molar-refractivity contribution in [1.29, 1.82) is 0 Å². The Kier molecular flexibility index (Phi) is 9.56. The second-order valence-corrected chi connectivity index (χ2v) is 7.09. The molecule has 1 amide bonds. The number of hydrogen-bond acceptors (Lipinski definition) is 2. The summed E-state index contributed by atoms with van der Waals surface area (Å²) in [5.41, 5.74) is 0. The van der Waals surface area contributed by atoms with Gasteiger partial charge in [-0.15, -0.1) is 0 Å². The van der Waals surface area contributed by atoms with Crippen molar-refractivity contribution in [3.05, 3.63) is 0 Å². The van der Waals surface area contributed by atoms with Crippen LogP contribution in [0.15, 0.2) is 0 Å². The number of carbonyl (C=O) groups excluding carboxylic acids is 2. The summed E-state index contributed by atoms with van der Waals surface area (Å²) in [6.45, 7) is 12.2. The van der Waals surface area contributed by atoms with Crippen molar-refractivity contribution in [2.24, 2.45) is 17.8 Å². The molecule has 0 aliphatic heterocycles. The van der Waals surface area contributed by atoms with Gasteiger partial charge in [-0.2, -0.15) is 0 Å². The van der Waals surface area contributed by atoms with Crippen LogP contribution < -0.4 is 0 Å². The van der Waals surface area contributed by atoms with Crippen LogP contribution in [-0.2, 0) is 9.59 Å². The van der Waals surface area contributed by atoms with Gasteiger partial charge in [-0.05, 0) is 31.6 Å². The minimum atomic E-state index is -0.272. The second kappa shape index (κ2) is 9.97. The van der Waals surface area contributed by atoms with Crippen LogP contribution in [0, 0.1) is 17.8 Å². The number of nitrogens with zero attached hydrogens (tertiary/aromatic N) is 1. The van der Waals surface area contributed by atoms with Crippen LogP contribution in [0.3, 0.4) is 0 Å². The van der Waals surface area contributed by atoms with Crippen LogP contribution in [-0.4, -0.2) is 29.7 Å². The number of Topliss-reactive ketones (excluding diaryl/α,β-unsaturated/α-hetero) is 1. The highest BCUT2D eigenvalue weighted by Crippen LogP contribution is 2.21. The summed E-state index contributed by atoms with van der Waals surface area (Å²) >= 11 is 0. The lowest BCUT2D eigenvalue weighted by molar-refractivity contribution is -0.141. The van der Waals surface area contributed by atoms with Crippen LogP contribution in [0.4, 0.5) is 0 Å². The van der Waals surface area contributed by atoms with Gasteiger partial charge in [0.2, 0.25) is 5.91 Å². The van der Waals surface area contributed by atoms with E-state index in [1.807, 2.05) is 6.92 Å². The van der Waals surface area contributed by atoms with Gasteiger partial charge in [-0.3, -0.25) is 9.59 Å². The molecule has 124 valence electrons. The average molecular weight is 297 g/mol. The smallest absolute Gasteiger partial charge is 0.225 e.